The highest BCUT2D eigenvalue weighted by atomic mass is 32.2. The lowest BCUT2D eigenvalue weighted by Crippen LogP contribution is -2.53. The van der Waals surface area contributed by atoms with E-state index in [0.717, 1.165) is 0 Å². The molecule has 0 aliphatic heterocycles. The third-order valence-corrected chi connectivity index (χ3v) is 4.10. The van der Waals surface area contributed by atoms with Gasteiger partial charge in [-0.15, -0.1) is 0 Å². The molecule has 8 N–H and O–H groups in total. The maximum absolute atomic E-state index is 12.3. The summed E-state index contributed by atoms with van der Waals surface area (Å²) in [5, 5.41) is 15.8. The third-order valence-electron chi connectivity index (χ3n) is 3.45. The molecular formula is C15H27N5O6S. The van der Waals surface area contributed by atoms with Gasteiger partial charge in [0.2, 0.25) is 23.6 Å². The predicted molar refractivity (Wildman–Crippen MR) is 99.6 cm³/mol. The quantitative estimate of drug-likeness (QED) is 0.194. The molecule has 0 fully saturated rings. The van der Waals surface area contributed by atoms with E-state index in [4.69, 9.17) is 16.6 Å². The van der Waals surface area contributed by atoms with Gasteiger partial charge in [-0.25, -0.2) is 0 Å². The molecule has 0 aliphatic rings. The summed E-state index contributed by atoms with van der Waals surface area (Å²) in [5.74, 6) is -3.11. The topological polar surface area (TPSA) is 194 Å². The van der Waals surface area contributed by atoms with Crippen molar-refractivity contribution in [1.82, 2.24) is 16.0 Å². The van der Waals surface area contributed by atoms with Crippen molar-refractivity contribution in [1.29, 1.82) is 0 Å². The van der Waals surface area contributed by atoms with Gasteiger partial charge in [0.25, 0.3) is 0 Å². The maximum atomic E-state index is 12.3. The SMILES string of the molecule is CSCCC(NC(=O)C(N)CCC(N)=O)C(=O)NCC(=O)NC(C)C(=O)O. The Bertz CT molecular complexity index is 559. The molecular weight excluding hydrogens is 378 g/mol. The van der Waals surface area contributed by atoms with Crippen LogP contribution in [0.5, 0.6) is 0 Å². The summed E-state index contributed by atoms with van der Waals surface area (Å²) >= 11 is 1.46. The van der Waals surface area contributed by atoms with Crippen LogP contribution in [-0.2, 0) is 24.0 Å². The number of aliphatic carboxylic acids is 1. The summed E-state index contributed by atoms with van der Waals surface area (Å²) in [6, 6.07) is -3.01. The van der Waals surface area contributed by atoms with E-state index in [0.29, 0.717) is 12.2 Å². The average Bonchev–Trinajstić information content (AvgIpc) is 2.60. The number of carbonyl (C=O) groups excluding carboxylic acids is 4. The Morgan fingerprint density at radius 1 is 1.07 bits per heavy atom. The van der Waals surface area contributed by atoms with Crippen molar-refractivity contribution < 1.29 is 29.1 Å². The van der Waals surface area contributed by atoms with Gasteiger partial charge in [-0.05, 0) is 31.8 Å². The molecule has 0 saturated heterocycles. The molecule has 154 valence electrons. The minimum absolute atomic E-state index is 0.0491. The van der Waals surface area contributed by atoms with Crippen LogP contribution < -0.4 is 27.4 Å². The molecule has 3 unspecified atom stereocenters. The van der Waals surface area contributed by atoms with Gasteiger partial charge in [0.1, 0.15) is 12.1 Å². The van der Waals surface area contributed by atoms with Gasteiger partial charge in [-0.2, -0.15) is 11.8 Å². The predicted octanol–water partition coefficient (Wildman–Crippen LogP) is -2.48. The highest BCUT2D eigenvalue weighted by molar-refractivity contribution is 7.98. The highest BCUT2D eigenvalue weighted by Gasteiger charge is 2.24. The number of carboxylic acids is 1. The number of hydrogen-bond acceptors (Lipinski definition) is 7. The largest absolute Gasteiger partial charge is 0.480 e. The molecule has 27 heavy (non-hydrogen) atoms. The van der Waals surface area contributed by atoms with Crippen molar-refractivity contribution in [3.05, 3.63) is 0 Å². The monoisotopic (exact) mass is 405 g/mol. The molecule has 11 nitrogen and oxygen atoms in total. The minimum atomic E-state index is -1.20. The standard InChI is InChI=1S/C15H27N5O6S/c1-8(15(25)26)19-12(22)7-18-14(24)10(5-6-27-2)20-13(23)9(16)3-4-11(17)21/h8-10H,3-7,16H2,1-2H3,(H2,17,21)(H,18,24)(H,19,22)(H,20,23)(H,25,26). The van der Waals surface area contributed by atoms with Crippen LogP contribution in [0.3, 0.4) is 0 Å². The lowest BCUT2D eigenvalue weighted by atomic mass is 10.1. The average molecular weight is 405 g/mol. The van der Waals surface area contributed by atoms with E-state index in [1.165, 1.54) is 18.7 Å². The van der Waals surface area contributed by atoms with Crippen LogP contribution >= 0.6 is 11.8 Å². The normalized spacial score (nSPS) is 13.7. The van der Waals surface area contributed by atoms with E-state index >= 15 is 0 Å². The van der Waals surface area contributed by atoms with Crippen LogP contribution in [0.25, 0.3) is 0 Å². The fraction of sp³-hybridized carbons (Fsp3) is 0.667. The Kier molecular flexibility index (Phi) is 11.8. The molecule has 0 spiro atoms. The van der Waals surface area contributed by atoms with Crippen molar-refractivity contribution in [3.8, 4) is 0 Å². The molecule has 12 heteroatoms. The highest BCUT2D eigenvalue weighted by Crippen LogP contribution is 2.03. The summed E-state index contributed by atoms with van der Waals surface area (Å²) in [6.07, 6.45) is 2.12. The van der Waals surface area contributed by atoms with Crippen LogP contribution in [0.2, 0.25) is 0 Å². The first-order valence-corrected chi connectivity index (χ1v) is 9.60. The Hall–Kier alpha value is -2.34. The number of rotatable bonds is 13. The zero-order valence-electron chi connectivity index (χ0n) is 15.3. The Morgan fingerprint density at radius 2 is 1.70 bits per heavy atom. The van der Waals surface area contributed by atoms with Gasteiger partial charge in [0, 0.05) is 6.42 Å². The molecule has 0 bridgehead atoms. The lowest BCUT2D eigenvalue weighted by molar-refractivity contribution is -0.141. The number of amides is 4. The molecule has 0 aliphatic carbocycles. The first kappa shape index (κ1) is 24.7. The van der Waals surface area contributed by atoms with E-state index < -0.39 is 54.3 Å². The summed E-state index contributed by atoms with van der Waals surface area (Å²) < 4.78 is 0. The Morgan fingerprint density at radius 3 is 2.22 bits per heavy atom. The second-order valence-electron chi connectivity index (χ2n) is 5.80. The van der Waals surface area contributed by atoms with Crippen LogP contribution in [0, 0.1) is 0 Å². The molecule has 0 aromatic heterocycles. The van der Waals surface area contributed by atoms with E-state index in [1.807, 2.05) is 6.26 Å². The van der Waals surface area contributed by atoms with Gasteiger partial charge >= 0.3 is 5.97 Å². The summed E-state index contributed by atoms with van der Waals surface area (Å²) in [6.45, 7) is 0.854. The van der Waals surface area contributed by atoms with Crippen LogP contribution in [0.1, 0.15) is 26.2 Å². The number of nitrogens with one attached hydrogen (secondary N) is 3. The fourth-order valence-corrected chi connectivity index (χ4v) is 2.33. The van der Waals surface area contributed by atoms with E-state index in [1.54, 1.807) is 0 Å². The van der Waals surface area contributed by atoms with E-state index in [2.05, 4.69) is 16.0 Å². The van der Waals surface area contributed by atoms with Crippen LogP contribution in [0.15, 0.2) is 0 Å². The first-order valence-electron chi connectivity index (χ1n) is 8.21. The molecule has 0 aromatic carbocycles. The van der Waals surface area contributed by atoms with Crippen molar-refractivity contribution in [2.45, 2.75) is 44.3 Å². The van der Waals surface area contributed by atoms with Crippen LogP contribution in [-0.4, -0.2) is 71.4 Å². The van der Waals surface area contributed by atoms with Crippen molar-refractivity contribution >= 4 is 41.4 Å². The molecule has 0 heterocycles. The summed E-state index contributed by atoms with van der Waals surface area (Å²) in [7, 11) is 0. The van der Waals surface area contributed by atoms with Crippen LogP contribution in [0.4, 0.5) is 0 Å². The second-order valence-corrected chi connectivity index (χ2v) is 6.78. The molecule has 0 aromatic rings. The Balaban J connectivity index is 4.66. The molecule has 3 atom stereocenters. The summed E-state index contributed by atoms with van der Waals surface area (Å²) in [5.41, 5.74) is 10.7. The van der Waals surface area contributed by atoms with Gasteiger partial charge in [0.15, 0.2) is 0 Å². The van der Waals surface area contributed by atoms with Gasteiger partial charge in [-0.3, -0.25) is 24.0 Å². The summed E-state index contributed by atoms with van der Waals surface area (Å²) in [4.78, 5) is 57.4. The maximum Gasteiger partial charge on any atom is 0.325 e. The van der Waals surface area contributed by atoms with Crippen molar-refractivity contribution in [2.24, 2.45) is 11.5 Å². The minimum Gasteiger partial charge on any atom is -0.480 e. The van der Waals surface area contributed by atoms with Gasteiger partial charge in [0.05, 0.1) is 12.6 Å². The molecule has 0 radical (unpaired) electrons. The zero-order chi connectivity index (χ0) is 21.0. The third kappa shape index (κ3) is 11.1. The smallest absolute Gasteiger partial charge is 0.325 e. The van der Waals surface area contributed by atoms with Gasteiger partial charge in [-0.1, -0.05) is 0 Å². The number of primary amides is 1. The van der Waals surface area contributed by atoms with Crippen molar-refractivity contribution in [2.75, 3.05) is 18.6 Å². The zero-order valence-corrected chi connectivity index (χ0v) is 16.1. The van der Waals surface area contributed by atoms with E-state index in [9.17, 15) is 24.0 Å². The van der Waals surface area contributed by atoms with E-state index in [-0.39, 0.29) is 12.8 Å². The molecule has 0 rings (SSSR count). The number of hydrogen-bond donors (Lipinski definition) is 6. The lowest BCUT2D eigenvalue weighted by Gasteiger charge is -2.20. The molecule has 4 amide bonds. The van der Waals surface area contributed by atoms with Crippen molar-refractivity contribution in [3.63, 3.8) is 0 Å². The Labute approximate surface area is 161 Å². The number of carbonyl (C=O) groups is 5. The van der Waals surface area contributed by atoms with Gasteiger partial charge < -0.3 is 32.5 Å². The molecule has 0 saturated carbocycles. The fourth-order valence-electron chi connectivity index (χ4n) is 1.86. The second kappa shape index (κ2) is 12.9. The first-order chi connectivity index (χ1) is 12.6. The number of nitrogens with two attached hydrogens (primary N) is 2. The number of thioether (sulfide) groups is 1. The number of carboxylic acid groups (broad SMARTS) is 1.